The number of nitro benzene ring substituents is 2. The fourth-order valence-corrected chi connectivity index (χ4v) is 6.21. The number of carbonyl (C=O) groups excluding carboxylic acids is 1. The number of aromatic nitrogens is 2. The van der Waals surface area contributed by atoms with E-state index in [4.69, 9.17) is 5.11 Å². The lowest BCUT2D eigenvalue weighted by Crippen LogP contribution is -1.85. The van der Waals surface area contributed by atoms with Gasteiger partial charge in [-0.15, -0.1) is 22.7 Å². The Hall–Kier alpha value is -4.57. The first-order chi connectivity index (χ1) is 21.4. The van der Waals surface area contributed by atoms with E-state index in [9.17, 15) is 30.1 Å². The van der Waals surface area contributed by atoms with Gasteiger partial charge in [0.25, 0.3) is 11.4 Å². The highest BCUT2D eigenvalue weighted by Gasteiger charge is 2.10. The van der Waals surface area contributed by atoms with Gasteiger partial charge in [0.15, 0.2) is 0 Å². The van der Waals surface area contributed by atoms with E-state index in [-0.39, 0.29) is 22.9 Å². The molecule has 0 saturated heterocycles. The molecule has 2 heterocycles. The van der Waals surface area contributed by atoms with Crippen LogP contribution in [0.5, 0.6) is 11.5 Å². The number of phenols is 2. The van der Waals surface area contributed by atoms with Crippen molar-refractivity contribution in [3.63, 3.8) is 0 Å². The largest absolute Gasteiger partial charge is 0.507 e. The van der Waals surface area contributed by atoms with E-state index in [0.717, 1.165) is 42.3 Å². The van der Waals surface area contributed by atoms with E-state index in [0.29, 0.717) is 14.5 Å². The molecule has 2 aromatic heterocycles. The smallest absolute Gasteiger partial charge is 0.270 e. The highest BCUT2D eigenvalue weighted by molar-refractivity contribution is 9.10. The van der Waals surface area contributed by atoms with Gasteiger partial charge >= 0.3 is 0 Å². The molecule has 0 aliphatic heterocycles. The quantitative estimate of drug-likeness (QED) is 0.0985. The second-order valence-corrected chi connectivity index (χ2v) is 13.0. The van der Waals surface area contributed by atoms with Crippen LogP contribution in [0.15, 0.2) is 81.7 Å². The summed E-state index contributed by atoms with van der Waals surface area (Å²) in [4.78, 5) is 39.2. The van der Waals surface area contributed by atoms with Gasteiger partial charge in [0.2, 0.25) is 0 Å². The molecule has 4 aromatic carbocycles. The van der Waals surface area contributed by atoms with Crippen molar-refractivity contribution in [3.8, 4) is 11.5 Å². The average Bonchev–Trinajstić information content (AvgIpc) is 3.60. The molecule has 0 aliphatic carbocycles. The monoisotopic (exact) mass is 770 g/mol. The molecule has 0 atom stereocenters. The van der Waals surface area contributed by atoms with Gasteiger partial charge < -0.3 is 10.2 Å². The van der Waals surface area contributed by atoms with Gasteiger partial charge in [0, 0.05) is 29.8 Å². The Morgan fingerprint density at radius 2 is 1.22 bits per heavy atom. The van der Waals surface area contributed by atoms with Crippen LogP contribution >= 0.6 is 54.5 Å². The molecule has 0 bridgehead atoms. The normalized spacial score (nSPS) is 10.6. The third-order valence-corrected chi connectivity index (χ3v) is 8.97. The maximum atomic E-state index is 10.8. The van der Waals surface area contributed by atoms with E-state index >= 15 is 0 Å². The Labute approximate surface area is 279 Å². The number of rotatable bonds is 5. The number of aldehydes is 1. The van der Waals surface area contributed by atoms with E-state index in [1.54, 1.807) is 48.5 Å². The number of phenolic OH excluding ortho intramolecular Hbond substituents is 2. The number of fused-ring (bicyclic) bond motifs is 2. The number of hydrogen-bond acceptors (Lipinski definition) is 11. The summed E-state index contributed by atoms with van der Waals surface area (Å²) in [6.45, 7) is 1.89. The highest BCUT2D eigenvalue weighted by Crippen LogP contribution is 2.29. The highest BCUT2D eigenvalue weighted by atomic mass is 79.9. The third kappa shape index (κ3) is 8.98. The first-order valence-corrected chi connectivity index (χ1v) is 15.8. The first kappa shape index (κ1) is 33.3. The van der Waals surface area contributed by atoms with Crippen LogP contribution < -0.4 is 0 Å². The second-order valence-electron chi connectivity index (χ2n) is 8.98. The maximum Gasteiger partial charge on any atom is 0.270 e. The first-order valence-electron chi connectivity index (χ1n) is 12.6. The van der Waals surface area contributed by atoms with Crippen molar-refractivity contribution in [1.82, 2.24) is 9.97 Å². The lowest BCUT2D eigenvalue weighted by Gasteiger charge is -1.97. The summed E-state index contributed by atoms with van der Waals surface area (Å²) in [5.74, 6) is 0.329. The predicted octanol–water partition coefficient (Wildman–Crippen LogP) is 9.32. The number of carbonyl (C=O) groups is 1. The molecule has 0 radical (unpaired) electrons. The molecule has 0 aliphatic rings. The average molecular weight is 772 g/mol. The van der Waals surface area contributed by atoms with Gasteiger partial charge in [-0.2, -0.15) is 0 Å². The summed E-state index contributed by atoms with van der Waals surface area (Å²) in [5.41, 5.74) is 3.21. The Morgan fingerprint density at radius 3 is 1.76 bits per heavy atom. The maximum absolute atomic E-state index is 10.8. The number of aryl methyl sites for hydroxylation is 1. The standard InChI is InChI=1S/C15H9BrN2O3S.C8H6N2O2S.C7H5BrO2/c16-11-7-9(1-5-13(11)19)2-6-15-17-12-4-3-10(18(20)21)8-14(12)22-15;1-5-9-7-3-2-6(10(11)12)4-8(7)13-5;8-6-3-5(4-9)1-2-7(6)10/h1-8,19H;2-4H,1H3;1-4,10H/b6-2+;;. The molecule has 15 heteroatoms. The molecule has 228 valence electrons. The fourth-order valence-electron chi connectivity index (χ4n) is 3.65. The van der Waals surface area contributed by atoms with Crippen molar-refractivity contribution in [3.05, 3.63) is 123 Å². The molecule has 6 aromatic rings. The zero-order chi connectivity index (χ0) is 32.7. The topological polar surface area (TPSA) is 170 Å². The van der Waals surface area contributed by atoms with Gasteiger partial charge in [0.1, 0.15) is 22.8 Å². The van der Waals surface area contributed by atoms with Crippen molar-refractivity contribution in [2.45, 2.75) is 6.92 Å². The Balaban J connectivity index is 0.000000170. The minimum atomic E-state index is -0.414. The lowest BCUT2D eigenvalue weighted by molar-refractivity contribution is -0.384. The van der Waals surface area contributed by atoms with Crippen LogP contribution in [-0.4, -0.2) is 36.3 Å². The molecule has 0 amide bonds. The Morgan fingerprint density at radius 1 is 0.711 bits per heavy atom. The van der Waals surface area contributed by atoms with Crippen molar-refractivity contribution in [2.75, 3.05) is 0 Å². The number of hydrogen-bond donors (Lipinski definition) is 2. The Bertz CT molecular complexity index is 2080. The van der Waals surface area contributed by atoms with Crippen molar-refractivity contribution < 1.29 is 24.9 Å². The molecule has 45 heavy (non-hydrogen) atoms. The molecule has 11 nitrogen and oxygen atoms in total. The van der Waals surface area contributed by atoms with Crippen molar-refractivity contribution in [1.29, 1.82) is 0 Å². The SMILES string of the molecule is Cc1nc2ccc([N+](=O)[O-])cc2s1.O=Cc1ccc(O)c(Br)c1.O=[N+]([O-])c1ccc2nc(/C=C/c3ccc(O)c(Br)c3)sc2c1. The van der Waals surface area contributed by atoms with Crippen LogP contribution in [0.2, 0.25) is 0 Å². The summed E-state index contributed by atoms with van der Waals surface area (Å²) in [5, 5.41) is 41.3. The van der Waals surface area contributed by atoms with E-state index in [1.807, 2.05) is 19.1 Å². The van der Waals surface area contributed by atoms with Gasteiger partial charge in [-0.1, -0.05) is 12.1 Å². The fraction of sp³-hybridized carbons (Fsp3) is 0.0333. The number of benzene rings is 4. The minimum Gasteiger partial charge on any atom is -0.507 e. The molecular formula is C30H20Br2N4O7S2. The minimum absolute atomic E-state index is 0.0640. The predicted molar refractivity (Wildman–Crippen MR) is 183 cm³/mol. The van der Waals surface area contributed by atoms with E-state index < -0.39 is 9.85 Å². The number of thiazole rings is 2. The van der Waals surface area contributed by atoms with Gasteiger partial charge in [-0.3, -0.25) is 25.0 Å². The van der Waals surface area contributed by atoms with Gasteiger partial charge in [-0.05, 0) is 92.9 Å². The number of nitro groups is 2. The summed E-state index contributed by atoms with van der Waals surface area (Å²) in [6, 6.07) is 19.1. The van der Waals surface area contributed by atoms with Crippen LogP contribution in [0, 0.1) is 27.2 Å². The Kier molecular flexibility index (Phi) is 11.1. The molecule has 6 rings (SSSR count). The molecular weight excluding hydrogens is 752 g/mol. The van der Waals surface area contributed by atoms with Gasteiger partial charge in [0.05, 0.1) is 44.2 Å². The van der Waals surface area contributed by atoms with E-state index in [2.05, 4.69) is 41.8 Å². The summed E-state index contributed by atoms with van der Waals surface area (Å²) in [6.07, 6.45) is 4.44. The second kappa shape index (κ2) is 14.9. The van der Waals surface area contributed by atoms with Crippen LogP contribution in [0.4, 0.5) is 11.4 Å². The van der Waals surface area contributed by atoms with Crippen LogP contribution in [-0.2, 0) is 0 Å². The molecule has 0 spiro atoms. The molecule has 0 unspecified atom stereocenters. The number of halogens is 2. The van der Waals surface area contributed by atoms with Crippen LogP contribution in [0.1, 0.15) is 25.9 Å². The number of non-ortho nitro benzene ring substituents is 2. The summed E-state index contributed by atoms with van der Waals surface area (Å²) >= 11 is 9.20. The number of nitrogens with zero attached hydrogens (tertiary/aromatic N) is 4. The van der Waals surface area contributed by atoms with Crippen molar-refractivity contribution in [2.24, 2.45) is 0 Å². The molecule has 2 N–H and O–H groups in total. The van der Waals surface area contributed by atoms with Crippen molar-refractivity contribution >= 4 is 105 Å². The number of aromatic hydroxyl groups is 2. The van der Waals surface area contributed by atoms with E-state index in [1.165, 1.54) is 46.9 Å². The zero-order valence-electron chi connectivity index (χ0n) is 23.0. The zero-order valence-corrected chi connectivity index (χ0v) is 27.8. The lowest BCUT2D eigenvalue weighted by atomic mass is 10.2. The summed E-state index contributed by atoms with van der Waals surface area (Å²) < 4.78 is 2.80. The molecule has 0 fully saturated rings. The molecule has 0 saturated carbocycles. The van der Waals surface area contributed by atoms with Crippen LogP contribution in [0.3, 0.4) is 0 Å². The van der Waals surface area contributed by atoms with Crippen LogP contribution in [0.25, 0.3) is 32.6 Å². The third-order valence-electron chi connectivity index (χ3n) is 5.79. The van der Waals surface area contributed by atoms with Gasteiger partial charge in [-0.25, -0.2) is 9.97 Å². The summed E-state index contributed by atoms with van der Waals surface area (Å²) in [7, 11) is 0.